The maximum atomic E-state index is 12.3. The third-order valence-electron chi connectivity index (χ3n) is 4.56. The molecule has 0 spiro atoms. The number of nitrogens with one attached hydrogen (secondary N) is 1. The number of rotatable bonds is 6. The van der Waals surface area contributed by atoms with Crippen LogP contribution in [0.5, 0.6) is 0 Å². The van der Waals surface area contributed by atoms with Crippen molar-refractivity contribution in [3.63, 3.8) is 0 Å². The zero-order valence-electron chi connectivity index (χ0n) is 14.0. The molecule has 1 heterocycles. The molecule has 0 bridgehead atoms. The Morgan fingerprint density at radius 1 is 1.30 bits per heavy atom. The number of carbonyl (C=O) groups excluding carboxylic acids is 2. The highest BCUT2D eigenvalue weighted by Crippen LogP contribution is 2.13. The molecule has 0 aromatic heterocycles. The molecular formula is C18H27N3O2. The van der Waals surface area contributed by atoms with Gasteiger partial charge in [-0.25, -0.2) is 0 Å². The summed E-state index contributed by atoms with van der Waals surface area (Å²) < 4.78 is 0. The molecule has 5 heteroatoms. The Bertz CT molecular complexity index is 530. The molecule has 1 aromatic carbocycles. The Morgan fingerprint density at radius 3 is 2.65 bits per heavy atom. The minimum Gasteiger partial charge on any atom is -0.351 e. The predicted octanol–water partition coefficient (Wildman–Crippen LogP) is 1.32. The van der Waals surface area contributed by atoms with Crippen LogP contribution < -0.4 is 11.1 Å². The van der Waals surface area contributed by atoms with E-state index in [4.69, 9.17) is 5.73 Å². The molecule has 3 N–H and O–H groups in total. The summed E-state index contributed by atoms with van der Waals surface area (Å²) in [6, 6.07) is 9.90. The molecule has 0 aliphatic carbocycles. The van der Waals surface area contributed by atoms with Gasteiger partial charge in [0, 0.05) is 37.5 Å². The number of amides is 2. The van der Waals surface area contributed by atoms with E-state index in [0.29, 0.717) is 19.5 Å². The molecule has 0 radical (unpaired) electrons. The monoisotopic (exact) mass is 317 g/mol. The van der Waals surface area contributed by atoms with E-state index in [1.54, 1.807) is 0 Å². The van der Waals surface area contributed by atoms with E-state index in [-0.39, 0.29) is 29.8 Å². The van der Waals surface area contributed by atoms with Gasteiger partial charge in [-0.05, 0) is 25.3 Å². The van der Waals surface area contributed by atoms with Crippen LogP contribution in [0.2, 0.25) is 0 Å². The molecule has 2 rings (SSSR count). The Hall–Kier alpha value is -1.88. The lowest BCUT2D eigenvalue weighted by Gasteiger charge is -2.20. The lowest BCUT2D eigenvalue weighted by atomic mass is 10.0. The van der Waals surface area contributed by atoms with E-state index in [0.717, 1.165) is 12.8 Å². The molecule has 2 amide bonds. The highest BCUT2D eigenvalue weighted by atomic mass is 16.2. The lowest BCUT2D eigenvalue weighted by Crippen LogP contribution is -2.44. The second-order valence-corrected chi connectivity index (χ2v) is 6.47. The van der Waals surface area contributed by atoms with Crippen LogP contribution in [0.1, 0.15) is 32.3 Å². The molecule has 126 valence electrons. The van der Waals surface area contributed by atoms with Crippen molar-refractivity contribution in [2.75, 3.05) is 13.1 Å². The van der Waals surface area contributed by atoms with E-state index in [1.165, 1.54) is 5.56 Å². The van der Waals surface area contributed by atoms with Crippen molar-refractivity contribution in [2.45, 2.75) is 45.2 Å². The van der Waals surface area contributed by atoms with Crippen LogP contribution in [0.4, 0.5) is 0 Å². The fourth-order valence-electron chi connectivity index (χ4n) is 2.73. The van der Waals surface area contributed by atoms with Crippen molar-refractivity contribution in [3.8, 4) is 0 Å². The van der Waals surface area contributed by atoms with Gasteiger partial charge in [-0.2, -0.15) is 0 Å². The molecule has 1 aliphatic rings. The summed E-state index contributed by atoms with van der Waals surface area (Å²) in [4.78, 5) is 26.2. The van der Waals surface area contributed by atoms with Gasteiger partial charge in [-0.15, -0.1) is 0 Å². The number of nitrogens with zero attached hydrogens (tertiary/aromatic N) is 1. The first-order valence-corrected chi connectivity index (χ1v) is 8.35. The first-order chi connectivity index (χ1) is 11.0. The Morgan fingerprint density at radius 2 is 2.00 bits per heavy atom. The van der Waals surface area contributed by atoms with Gasteiger partial charge in [0.15, 0.2) is 0 Å². The first kappa shape index (κ1) is 17.5. The van der Waals surface area contributed by atoms with Gasteiger partial charge in [0.1, 0.15) is 0 Å². The smallest absolute Gasteiger partial charge is 0.224 e. The van der Waals surface area contributed by atoms with Gasteiger partial charge in [-0.3, -0.25) is 9.59 Å². The van der Waals surface area contributed by atoms with Gasteiger partial charge in [0.2, 0.25) is 11.8 Å². The van der Waals surface area contributed by atoms with Crippen LogP contribution >= 0.6 is 0 Å². The largest absolute Gasteiger partial charge is 0.351 e. The summed E-state index contributed by atoms with van der Waals surface area (Å²) in [5, 5.41) is 3.01. The fourth-order valence-corrected chi connectivity index (χ4v) is 2.73. The molecule has 5 nitrogen and oxygen atoms in total. The zero-order valence-corrected chi connectivity index (χ0v) is 14.0. The molecule has 3 atom stereocenters. The van der Waals surface area contributed by atoms with Gasteiger partial charge >= 0.3 is 0 Å². The standard InChI is InChI=1S/C18H27N3O2/c1-13(14(2)19)18(23)20-16-10-11-21(12-16)17(22)9-8-15-6-4-3-5-7-15/h3-7,13-14,16H,8-12,19H2,1-2H3,(H,20,23). The van der Waals surface area contributed by atoms with Crippen LogP contribution in [-0.2, 0) is 16.0 Å². The van der Waals surface area contributed by atoms with Crippen molar-refractivity contribution >= 4 is 11.8 Å². The number of hydrogen-bond acceptors (Lipinski definition) is 3. The van der Waals surface area contributed by atoms with Crippen molar-refractivity contribution in [1.29, 1.82) is 0 Å². The molecule has 1 aliphatic heterocycles. The number of likely N-dealkylation sites (tertiary alicyclic amines) is 1. The Kier molecular flexibility index (Phi) is 6.16. The maximum Gasteiger partial charge on any atom is 0.224 e. The molecular weight excluding hydrogens is 290 g/mol. The molecule has 1 aromatic rings. The van der Waals surface area contributed by atoms with E-state index in [2.05, 4.69) is 5.32 Å². The number of carbonyl (C=O) groups is 2. The third kappa shape index (κ3) is 5.06. The molecule has 1 saturated heterocycles. The van der Waals surface area contributed by atoms with Gasteiger partial charge < -0.3 is 16.0 Å². The molecule has 1 fully saturated rings. The SMILES string of the molecule is CC(N)C(C)C(=O)NC1CCN(C(=O)CCc2ccccc2)C1. The van der Waals surface area contributed by atoms with Crippen molar-refractivity contribution in [3.05, 3.63) is 35.9 Å². The van der Waals surface area contributed by atoms with Gasteiger partial charge in [0.05, 0.1) is 0 Å². The number of hydrogen-bond donors (Lipinski definition) is 2. The summed E-state index contributed by atoms with van der Waals surface area (Å²) in [6.45, 7) is 4.98. The Balaban J connectivity index is 1.76. The van der Waals surface area contributed by atoms with Crippen LogP contribution in [0, 0.1) is 5.92 Å². The lowest BCUT2D eigenvalue weighted by molar-refractivity contribution is -0.130. The highest BCUT2D eigenvalue weighted by Gasteiger charge is 2.28. The number of nitrogens with two attached hydrogens (primary N) is 1. The summed E-state index contributed by atoms with van der Waals surface area (Å²) >= 11 is 0. The van der Waals surface area contributed by atoms with Crippen molar-refractivity contribution < 1.29 is 9.59 Å². The minimum atomic E-state index is -0.210. The second-order valence-electron chi connectivity index (χ2n) is 6.47. The minimum absolute atomic E-state index is 0.0245. The van der Waals surface area contributed by atoms with Gasteiger partial charge in [0.25, 0.3) is 0 Å². The quantitative estimate of drug-likeness (QED) is 0.831. The van der Waals surface area contributed by atoms with Gasteiger partial charge in [-0.1, -0.05) is 37.3 Å². The fraction of sp³-hybridized carbons (Fsp3) is 0.556. The highest BCUT2D eigenvalue weighted by molar-refractivity contribution is 5.80. The summed E-state index contributed by atoms with van der Waals surface area (Å²) in [6.07, 6.45) is 2.09. The average Bonchev–Trinajstić information content (AvgIpc) is 3.01. The molecule has 0 saturated carbocycles. The summed E-state index contributed by atoms with van der Waals surface area (Å²) in [5.74, 6) is -0.0766. The van der Waals surface area contributed by atoms with E-state index < -0.39 is 0 Å². The topological polar surface area (TPSA) is 75.4 Å². The van der Waals surface area contributed by atoms with E-state index in [1.807, 2.05) is 49.1 Å². The average molecular weight is 317 g/mol. The normalized spacial score (nSPS) is 20.1. The maximum absolute atomic E-state index is 12.3. The first-order valence-electron chi connectivity index (χ1n) is 8.35. The number of aryl methyl sites for hydroxylation is 1. The zero-order chi connectivity index (χ0) is 16.8. The summed E-state index contributed by atoms with van der Waals surface area (Å²) in [7, 11) is 0. The van der Waals surface area contributed by atoms with Crippen molar-refractivity contribution in [2.24, 2.45) is 11.7 Å². The van der Waals surface area contributed by atoms with Crippen LogP contribution in [0.3, 0.4) is 0 Å². The van der Waals surface area contributed by atoms with E-state index >= 15 is 0 Å². The van der Waals surface area contributed by atoms with E-state index in [9.17, 15) is 9.59 Å². The third-order valence-corrected chi connectivity index (χ3v) is 4.56. The van der Waals surface area contributed by atoms with Crippen molar-refractivity contribution in [1.82, 2.24) is 10.2 Å². The molecule has 3 unspecified atom stereocenters. The Labute approximate surface area is 138 Å². The predicted molar refractivity (Wildman–Crippen MR) is 90.7 cm³/mol. The van der Waals surface area contributed by atoms with Crippen LogP contribution in [-0.4, -0.2) is 41.9 Å². The number of benzene rings is 1. The summed E-state index contributed by atoms with van der Waals surface area (Å²) in [5.41, 5.74) is 6.93. The second kappa shape index (κ2) is 8.11. The molecule has 23 heavy (non-hydrogen) atoms. The van der Waals surface area contributed by atoms with Crippen LogP contribution in [0.25, 0.3) is 0 Å². The van der Waals surface area contributed by atoms with Crippen LogP contribution in [0.15, 0.2) is 30.3 Å².